The summed E-state index contributed by atoms with van der Waals surface area (Å²) in [4.78, 5) is 22.8. The van der Waals surface area contributed by atoms with Gasteiger partial charge in [-0.25, -0.2) is 0 Å². The summed E-state index contributed by atoms with van der Waals surface area (Å²) in [5, 5.41) is 8.78. The van der Waals surface area contributed by atoms with E-state index in [0.717, 1.165) is 11.1 Å². The minimum Gasteiger partial charge on any atom is -0.481 e. The Kier molecular flexibility index (Phi) is 4.42. The highest BCUT2D eigenvalue weighted by Crippen LogP contribution is 2.30. The van der Waals surface area contributed by atoms with Crippen LogP contribution in [0.1, 0.15) is 69.4 Å². The molecule has 0 saturated heterocycles. The van der Waals surface area contributed by atoms with Gasteiger partial charge in [-0.1, -0.05) is 47.6 Å². The molecule has 0 aliphatic rings. The summed E-state index contributed by atoms with van der Waals surface area (Å²) in [5.74, 6) is -1.43. The quantitative estimate of drug-likeness (QED) is 0.672. The Balaban J connectivity index is 3.38. The van der Waals surface area contributed by atoms with Crippen molar-refractivity contribution in [1.29, 1.82) is 0 Å². The van der Waals surface area contributed by atoms with Crippen LogP contribution in [0, 0.1) is 0 Å². The number of carboxylic acids is 1. The number of ketones is 1. The third kappa shape index (κ3) is 4.19. The molecule has 110 valence electrons. The fourth-order valence-corrected chi connectivity index (χ4v) is 1.89. The van der Waals surface area contributed by atoms with Crippen LogP contribution in [0.3, 0.4) is 0 Å². The molecule has 20 heavy (non-hydrogen) atoms. The number of rotatable bonds is 3. The van der Waals surface area contributed by atoms with Crippen LogP contribution < -0.4 is 0 Å². The molecular formula is C17H24O3. The van der Waals surface area contributed by atoms with E-state index in [-0.39, 0.29) is 16.6 Å². The van der Waals surface area contributed by atoms with Crippen LogP contribution in [0.2, 0.25) is 0 Å². The minimum atomic E-state index is -1.09. The van der Waals surface area contributed by atoms with Crippen molar-refractivity contribution in [3.8, 4) is 0 Å². The predicted molar refractivity (Wildman–Crippen MR) is 80.4 cm³/mol. The number of aliphatic carboxylic acids is 1. The Morgan fingerprint density at radius 2 is 1.30 bits per heavy atom. The van der Waals surface area contributed by atoms with Crippen molar-refractivity contribution in [3.63, 3.8) is 0 Å². The lowest BCUT2D eigenvalue weighted by atomic mass is 9.79. The van der Waals surface area contributed by atoms with Crippen molar-refractivity contribution in [1.82, 2.24) is 0 Å². The van der Waals surface area contributed by atoms with Gasteiger partial charge in [-0.2, -0.15) is 0 Å². The van der Waals surface area contributed by atoms with E-state index in [1.807, 2.05) is 12.1 Å². The van der Waals surface area contributed by atoms with Gasteiger partial charge in [0.2, 0.25) is 0 Å². The number of Topliss-reactive ketones (excluding diaryl/α,β-unsaturated/α-hetero) is 1. The molecule has 1 aromatic carbocycles. The number of carboxylic acid groups (broad SMARTS) is 1. The van der Waals surface area contributed by atoms with Crippen LogP contribution in [0.15, 0.2) is 18.2 Å². The Labute approximate surface area is 121 Å². The smallest absolute Gasteiger partial charge is 0.311 e. The second-order valence-electron chi connectivity index (χ2n) is 7.29. The zero-order valence-corrected chi connectivity index (χ0v) is 13.2. The fourth-order valence-electron chi connectivity index (χ4n) is 1.89. The summed E-state index contributed by atoms with van der Waals surface area (Å²) < 4.78 is 0. The van der Waals surface area contributed by atoms with E-state index in [1.165, 1.54) is 0 Å². The normalized spacial score (nSPS) is 12.3. The van der Waals surface area contributed by atoms with Crippen LogP contribution in [0.4, 0.5) is 0 Å². The maximum absolute atomic E-state index is 12.0. The van der Waals surface area contributed by atoms with Gasteiger partial charge in [0, 0.05) is 5.56 Å². The van der Waals surface area contributed by atoms with Gasteiger partial charge in [-0.3, -0.25) is 9.59 Å². The molecule has 3 nitrogen and oxygen atoms in total. The second kappa shape index (κ2) is 5.39. The molecular weight excluding hydrogens is 252 g/mol. The van der Waals surface area contributed by atoms with Gasteiger partial charge in [0.25, 0.3) is 0 Å². The summed E-state index contributed by atoms with van der Waals surface area (Å²) in [6.07, 6.45) is -0.461. The number of hydrogen-bond donors (Lipinski definition) is 1. The molecule has 0 aliphatic carbocycles. The van der Waals surface area contributed by atoms with E-state index in [1.54, 1.807) is 0 Å². The summed E-state index contributed by atoms with van der Waals surface area (Å²) >= 11 is 0. The summed E-state index contributed by atoms with van der Waals surface area (Å²) in [6, 6.07) is 5.75. The van der Waals surface area contributed by atoms with Gasteiger partial charge in [-0.15, -0.1) is 0 Å². The first-order valence-electron chi connectivity index (χ1n) is 6.82. The van der Waals surface area contributed by atoms with Gasteiger partial charge < -0.3 is 5.11 Å². The van der Waals surface area contributed by atoms with Crippen LogP contribution in [-0.4, -0.2) is 16.9 Å². The van der Waals surface area contributed by atoms with Crippen LogP contribution in [0.25, 0.3) is 0 Å². The molecule has 3 heteroatoms. The third-order valence-corrected chi connectivity index (χ3v) is 3.30. The molecule has 0 atom stereocenters. The molecule has 0 fully saturated rings. The van der Waals surface area contributed by atoms with Gasteiger partial charge in [0.15, 0.2) is 5.78 Å². The predicted octanol–water partition coefficient (Wildman–Crippen LogP) is 3.94. The first kappa shape index (κ1) is 16.4. The largest absolute Gasteiger partial charge is 0.481 e. The highest BCUT2D eigenvalue weighted by atomic mass is 16.4. The Hall–Kier alpha value is -1.64. The first-order valence-corrected chi connectivity index (χ1v) is 6.82. The van der Waals surface area contributed by atoms with E-state index in [2.05, 4.69) is 47.6 Å². The minimum absolute atomic E-state index is 0.0838. The van der Waals surface area contributed by atoms with Crippen LogP contribution >= 0.6 is 0 Å². The molecule has 0 aliphatic heterocycles. The molecule has 1 rings (SSSR count). The van der Waals surface area contributed by atoms with Crippen LogP contribution in [0.5, 0.6) is 0 Å². The topological polar surface area (TPSA) is 54.4 Å². The molecule has 0 saturated carbocycles. The molecule has 0 radical (unpaired) electrons. The summed E-state index contributed by atoms with van der Waals surface area (Å²) in [6.45, 7) is 12.5. The average Bonchev–Trinajstić information content (AvgIpc) is 2.25. The molecule has 0 bridgehead atoms. The zero-order valence-electron chi connectivity index (χ0n) is 13.2. The molecule has 0 heterocycles. The average molecular weight is 276 g/mol. The molecule has 0 aromatic heterocycles. The molecule has 0 spiro atoms. The van der Waals surface area contributed by atoms with Crippen molar-refractivity contribution < 1.29 is 14.7 Å². The summed E-state index contributed by atoms with van der Waals surface area (Å²) in [7, 11) is 0. The maximum Gasteiger partial charge on any atom is 0.311 e. The molecule has 0 amide bonds. The van der Waals surface area contributed by atoms with E-state index in [9.17, 15) is 9.59 Å². The molecule has 1 N–H and O–H groups in total. The van der Waals surface area contributed by atoms with Gasteiger partial charge in [-0.05, 0) is 34.1 Å². The monoisotopic (exact) mass is 276 g/mol. The lowest BCUT2D eigenvalue weighted by molar-refractivity contribution is -0.135. The summed E-state index contributed by atoms with van der Waals surface area (Å²) in [5.41, 5.74) is 2.43. The Bertz CT molecular complexity index is 496. The van der Waals surface area contributed by atoms with E-state index in [0.29, 0.717) is 5.56 Å². The van der Waals surface area contributed by atoms with E-state index < -0.39 is 12.4 Å². The second-order valence-corrected chi connectivity index (χ2v) is 7.29. The van der Waals surface area contributed by atoms with Crippen LogP contribution in [-0.2, 0) is 15.6 Å². The van der Waals surface area contributed by atoms with Crippen molar-refractivity contribution >= 4 is 11.8 Å². The number of carbonyl (C=O) groups is 2. The van der Waals surface area contributed by atoms with Gasteiger partial charge in [0.05, 0.1) is 0 Å². The SMILES string of the molecule is CC(C)(C)c1cc(C(=O)CC(=O)O)cc(C(C)(C)C)c1. The number of hydrogen-bond acceptors (Lipinski definition) is 2. The Morgan fingerprint density at radius 1 is 0.900 bits per heavy atom. The maximum atomic E-state index is 12.0. The van der Waals surface area contributed by atoms with Crippen molar-refractivity contribution in [3.05, 3.63) is 34.9 Å². The highest BCUT2D eigenvalue weighted by Gasteiger charge is 2.22. The fraction of sp³-hybridized carbons (Fsp3) is 0.529. The lowest BCUT2D eigenvalue weighted by Gasteiger charge is -2.26. The molecule has 1 aromatic rings. The van der Waals surface area contributed by atoms with E-state index >= 15 is 0 Å². The molecule has 0 unspecified atom stereocenters. The van der Waals surface area contributed by atoms with Gasteiger partial charge >= 0.3 is 5.97 Å². The van der Waals surface area contributed by atoms with Crippen molar-refractivity contribution in [2.75, 3.05) is 0 Å². The van der Waals surface area contributed by atoms with Gasteiger partial charge in [0.1, 0.15) is 6.42 Å². The number of benzene rings is 1. The zero-order chi connectivity index (χ0) is 15.7. The lowest BCUT2D eigenvalue weighted by Crippen LogP contribution is -2.18. The standard InChI is InChI=1S/C17H24O3/c1-16(2,3)12-7-11(14(18)10-15(19)20)8-13(9-12)17(4,5)6/h7-9H,10H2,1-6H3,(H,19,20). The third-order valence-electron chi connectivity index (χ3n) is 3.30. The number of carbonyl (C=O) groups excluding carboxylic acids is 1. The Morgan fingerprint density at radius 3 is 1.60 bits per heavy atom. The highest BCUT2D eigenvalue weighted by molar-refractivity contribution is 6.05. The van der Waals surface area contributed by atoms with Crippen molar-refractivity contribution in [2.24, 2.45) is 0 Å². The van der Waals surface area contributed by atoms with Crippen molar-refractivity contribution in [2.45, 2.75) is 58.8 Å². The van der Waals surface area contributed by atoms with E-state index in [4.69, 9.17) is 5.11 Å². The first-order chi connectivity index (χ1) is 8.91.